The molecule has 0 aliphatic rings. The van der Waals surface area contributed by atoms with E-state index in [1.165, 1.54) is 12.1 Å². The number of hydrogen-bond acceptors (Lipinski definition) is 4. The summed E-state index contributed by atoms with van der Waals surface area (Å²) in [7, 11) is -3.85. The van der Waals surface area contributed by atoms with E-state index in [-0.39, 0.29) is 16.4 Å². The fraction of sp³-hybridized carbons (Fsp3) is 0.174. The summed E-state index contributed by atoms with van der Waals surface area (Å²) in [5, 5.41) is 2.85. The van der Waals surface area contributed by atoms with Crippen LogP contribution in [0.5, 0.6) is 5.75 Å². The summed E-state index contributed by atoms with van der Waals surface area (Å²) < 4.78 is 33.4. The molecule has 3 aromatic carbocycles. The Morgan fingerprint density at radius 1 is 0.967 bits per heavy atom. The topological polar surface area (TPSA) is 84.5 Å². The highest BCUT2D eigenvalue weighted by Gasteiger charge is 2.17. The molecule has 30 heavy (non-hydrogen) atoms. The van der Waals surface area contributed by atoms with Crippen molar-refractivity contribution in [3.8, 4) is 5.75 Å². The Hall–Kier alpha value is -3.32. The maximum atomic E-state index is 12.8. The predicted octanol–water partition coefficient (Wildman–Crippen LogP) is 4.76. The lowest BCUT2D eigenvalue weighted by Gasteiger charge is -2.12. The largest absolute Gasteiger partial charge is 0.494 e. The van der Waals surface area contributed by atoms with Crippen molar-refractivity contribution in [3.05, 3.63) is 83.4 Å². The van der Waals surface area contributed by atoms with Gasteiger partial charge in [0.05, 0.1) is 11.5 Å². The van der Waals surface area contributed by atoms with Gasteiger partial charge in [-0.05, 0) is 80.4 Å². The number of rotatable bonds is 7. The number of carbonyl (C=O) groups excluding carboxylic acids is 1. The minimum absolute atomic E-state index is 0.00463. The van der Waals surface area contributed by atoms with E-state index in [1.807, 2.05) is 39.0 Å². The number of ether oxygens (including phenoxy) is 1. The molecule has 3 rings (SSSR count). The zero-order valence-corrected chi connectivity index (χ0v) is 17.9. The zero-order valence-electron chi connectivity index (χ0n) is 17.1. The van der Waals surface area contributed by atoms with Crippen molar-refractivity contribution < 1.29 is 17.9 Å². The van der Waals surface area contributed by atoms with Gasteiger partial charge in [0, 0.05) is 16.9 Å². The van der Waals surface area contributed by atoms with Gasteiger partial charge in [-0.2, -0.15) is 0 Å². The average molecular weight is 425 g/mol. The first-order valence-electron chi connectivity index (χ1n) is 9.53. The number of amides is 1. The summed E-state index contributed by atoms with van der Waals surface area (Å²) in [4.78, 5) is 12.7. The van der Waals surface area contributed by atoms with Gasteiger partial charge in [0.25, 0.3) is 15.9 Å². The molecule has 0 aromatic heterocycles. The van der Waals surface area contributed by atoms with Crippen LogP contribution in [0.25, 0.3) is 0 Å². The highest BCUT2D eigenvalue weighted by molar-refractivity contribution is 7.92. The summed E-state index contributed by atoms with van der Waals surface area (Å²) in [6, 6.07) is 18.3. The van der Waals surface area contributed by atoms with Crippen molar-refractivity contribution in [1.29, 1.82) is 0 Å². The molecule has 7 heteroatoms. The van der Waals surface area contributed by atoms with Crippen LogP contribution in [0.3, 0.4) is 0 Å². The van der Waals surface area contributed by atoms with Crippen molar-refractivity contribution in [2.45, 2.75) is 25.7 Å². The second kappa shape index (κ2) is 9.00. The van der Waals surface area contributed by atoms with Crippen molar-refractivity contribution in [2.75, 3.05) is 16.6 Å². The first kappa shape index (κ1) is 21.4. The van der Waals surface area contributed by atoms with E-state index in [1.54, 1.807) is 36.4 Å². The highest BCUT2D eigenvalue weighted by Crippen LogP contribution is 2.21. The third-order valence-corrected chi connectivity index (χ3v) is 5.84. The molecule has 0 saturated carbocycles. The molecular formula is C23H24N2O4S. The molecule has 0 spiro atoms. The van der Waals surface area contributed by atoms with E-state index in [2.05, 4.69) is 10.0 Å². The molecule has 1 amide bonds. The molecule has 0 bridgehead atoms. The average Bonchev–Trinajstić information content (AvgIpc) is 2.72. The third kappa shape index (κ3) is 5.18. The van der Waals surface area contributed by atoms with Crippen LogP contribution in [-0.2, 0) is 10.0 Å². The van der Waals surface area contributed by atoms with E-state index in [0.29, 0.717) is 23.7 Å². The summed E-state index contributed by atoms with van der Waals surface area (Å²) in [6.45, 7) is 6.24. The van der Waals surface area contributed by atoms with E-state index < -0.39 is 10.0 Å². The minimum Gasteiger partial charge on any atom is -0.494 e. The molecule has 0 radical (unpaired) electrons. The Morgan fingerprint density at radius 2 is 1.70 bits per heavy atom. The summed E-state index contributed by atoms with van der Waals surface area (Å²) >= 11 is 0. The fourth-order valence-corrected chi connectivity index (χ4v) is 3.97. The molecular weight excluding hydrogens is 400 g/mol. The molecule has 0 aliphatic carbocycles. The van der Waals surface area contributed by atoms with Crippen LogP contribution >= 0.6 is 0 Å². The van der Waals surface area contributed by atoms with Crippen molar-refractivity contribution in [2.24, 2.45) is 0 Å². The number of nitrogens with one attached hydrogen (secondary N) is 2. The van der Waals surface area contributed by atoms with Crippen LogP contribution in [0.15, 0.2) is 71.6 Å². The number of aryl methyl sites for hydroxylation is 2. The Bertz CT molecular complexity index is 1160. The van der Waals surface area contributed by atoms with Gasteiger partial charge in [-0.1, -0.05) is 18.2 Å². The van der Waals surface area contributed by atoms with Crippen LogP contribution in [0.4, 0.5) is 11.4 Å². The van der Waals surface area contributed by atoms with Crippen LogP contribution in [0.2, 0.25) is 0 Å². The van der Waals surface area contributed by atoms with Gasteiger partial charge in [-0.15, -0.1) is 0 Å². The first-order valence-corrected chi connectivity index (χ1v) is 11.0. The fourth-order valence-electron chi connectivity index (χ4n) is 2.87. The van der Waals surface area contributed by atoms with Gasteiger partial charge in [-0.25, -0.2) is 8.42 Å². The number of carbonyl (C=O) groups is 1. The van der Waals surface area contributed by atoms with Gasteiger partial charge in [0.1, 0.15) is 5.75 Å². The molecule has 6 nitrogen and oxygen atoms in total. The van der Waals surface area contributed by atoms with Crippen LogP contribution in [0.1, 0.15) is 28.4 Å². The lowest BCUT2D eigenvalue weighted by molar-refractivity contribution is 0.102. The monoisotopic (exact) mass is 424 g/mol. The van der Waals surface area contributed by atoms with Gasteiger partial charge >= 0.3 is 0 Å². The smallest absolute Gasteiger partial charge is 0.261 e. The first-order chi connectivity index (χ1) is 14.3. The maximum absolute atomic E-state index is 12.8. The summed E-state index contributed by atoms with van der Waals surface area (Å²) in [6.07, 6.45) is 0. The van der Waals surface area contributed by atoms with Gasteiger partial charge in [0.2, 0.25) is 0 Å². The number of anilines is 2. The Balaban J connectivity index is 1.79. The second-order valence-corrected chi connectivity index (χ2v) is 8.55. The number of benzene rings is 3. The third-order valence-electron chi connectivity index (χ3n) is 4.47. The van der Waals surface area contributed by atoms with E-state index in [4.69, 9.17) is 4.74 Å². The zero-order chi connectivity index (χ0) is 21.7. The van der Waals surface area contributed by atoms with Crippen LogP contribution in [-0.4, -0.2) is 20.9 Å². The van der Waals surface area contributed by atoms with Crippen molar-refractivity contribution in [1.82, 2.24) is 0 Å². The van der Waals surface area contributed by atoms with E-state index >= 15 is 0 Å². The molecule has 0 unspecified atom stereocenters. The normalized spacial score (nSPS) is 11.0. The van der Waals surface area contributed by atoms with E-state index in [0.717, 1.165) is 11.1 Å². The molecule has 0 atom stereocenters. The van der Waals surface area contributed by atoms with E-state index in [9.17, 15) is 13.2 Å². The lowest BCUT2D eigenvalue weighted by Crippen LogP contribution is -2.16. The van der Waals surface area contributed by atoms with Crippen LogP contribution < -0.4 is 14.8 Å². The maximum Gasteiger partial charge on any atom is 0.261 e. The van der Waals surface area contributed by atoms with Crippen molar-refractivity contribution in [3.63, 3.8) is 0 Å². The predicted molar refractivity (Wildman–Crippen MR) is 119 cm³/mol. The minimum atomic E-state index is -3.85. The molecule has 2 N–H and O–H groups in total. The van der Waals surface area contributed by atoms with Gasteiger partial charge in [0.15, 0.2) is 0 Å². The standard InChI is InChI=1S/C23H24N2O4S/c1-4-29-20-12-10-19(11-13-20)25-30(27,28)21-7-5-6-18(15-21)23(26)24-22-14-16(2)8-9-17(22)3/h5-15,25H,4H2,1-3H3,(H,24,26). The SMILES string of the molecule is CCOc1ccc(NS(=O)(=O)c2cccc(C(=O)Nc3cc(C)ccc3C)c2)cc1. The molecule has 0 saturated heterocycles. The quantitative estimate of drug-likeness (QED) is 0.573. The molecule has 3 aromatic rings. The molecule has 156 valence electrons. The molecule has 0 heterocycles. The number of hydrogen-bond donors (Lipinski definition) is 2. The summed E-state index contributed by atoms with van der Waals surface area (Å²) in [5.74, 6) is 0.285. The molecule has 0 fully saturated rings. The van der Waals surface area contributed by atoms with Gasteiger partial charge in [-0.3, -0.25) is 9.52 Å². The second-order valence-electron chi connectivity index (χ2n) is 6.86. The Labute approximate surface area is 177 Å². The number of sulfonamides is 1. The molecule has 0 aliphatic heterocycles. The van der Waals surface area contributed by atoms with Crippen molar-refractivity contribution >= 4 is 27.3 Å². The summed E-state index contributed by atoms with van der Waals surface area (Å²) in [5.41, 5.74) is 3.30. The van der Waals surface area contributed by atoms with Crippen LogP contribution in [0, 0.1) is 13.8 Å². The Morgan fingerprint density at radius 3 is 2.40 bits per heavy atom. The lowest BCUT2D eigenvalue weighted by atomic mass is 10.1. The Kier molecular flexibility index (Phi) is 6.42. The highest BCUT2D eigenvalue weighted by atomic mass is 32.2. The van der Waals surface area contributed by atoms with Gasteiger partial charge < -0.3 is 10.1 Å².